The Bertz CT molecular complexity index is 763. The van der Waals surface area contributed by atoms with Gasteiger partial charge in [0.1, 0.15) is 21.6 Å². The van der Waals surface area contributed by atoms with E-state index in [0.29, 0.717) is 6.07 Å². The summed E-state index contributed by atoms with van der Waals surface area (Å²) in [4.78, 5) is -0.796. The maximum absolute atomic E-state index is 13.5. The van der Waals surface area contributed by atoms with Gasteiger partial charge in [-0.15, -0.1) is 0 Å². The fraction of sp³-hybridized carbons (Fsp3) is 0. The normalized spacial score (nSPS) is 11.4. The molecule has 2 rings (SSSR count). The molecule has 0 aromatic heterocycles. The number of benzene rings is 2. The summed E-state index contributed by atoms with van der Waals surface area (Å²) >= 11 is 11.5. The van der Waals surface area contributed by atoms with Crippen LogP contribution in [0.3, 0.4) is 0 Å². The average Bonchev–Trinajstić information content (AvgIpc) is 2.34. The Morgan fingerprint density at radius 2 is 1.75 bits per heavy atom. The molecule has 3 nitrogen and oxygen atoms in total. The van der Waals surface area contributed by atoms with Gasteiger partial charge in [-0.25, -0.2) is 8.78 Å². The molecule has 0 bridgehead atoms. The number of rotatable bonds is 3. The third-order valence-electron chi connectivity index (χ3n) is 2.28. The van der Waals surface area contributed by atoms with E-state index >= 15 is 0 Å². The lowest BCUT2D eigenvalue weighted by atomic mass is 10.3. The van der Waals surface area contributed by atoms with Crippen molar-refractivity contribution >= 4 is 33.3 Å². The van der Waals surface area contributed by atoms with Crippen molar-refractivity contribution in [2.24, 2.45) is 0 Å². The highest BCUT2D eigenvalue weighted by molar-refractivity contribution is 7.87. The summed E-state index contributed by atoms with van der Waals surface area (Å²) in [7, 11) is -4.48. The second-order valence-corrected chi connectivity index (χ2v) is 5.96. The zero-order valence-corrected chi connectivity index (χ0v) is 11.9. The molecule has 2 aromatic rings. The van der Waals surface area contributed by atoms with Crippen LogP contribution in [0.5, 0.6) is 5.75 Å². The van der Waals surface area contributed by atoms with Crippen LogP contribution in [0.1, 0.15) is 0 Å². The monoisotopic (exact) mass is 338 g/mol. The minimum atomic E-state index is -4.48. The Morgan fingerprint density at radius 3 is 2.40 bits per heavy atom. The van der Waals surface area contributed by atoms with Crippen LogP contribution >= 0.6 is 23.2 Å². The van der Waals surface area contributed by atoms with Crippen molar-refractivity contribution in [3.8, 4) is 5.75 Å². The quantitative estimate of drug-likeness (QED) is 0.793. The first-order chi connectivity index (χ1) is 9.31. The van der Waals surface area contributed by atoms with Gasteiger partial charge in [0.2, 0.25) is 0 Å². The summed E-state index contributed by atoms with van der Waals surface area (Å²) in [6.07, 6.45) is 0. The van der Waals surface area contributed by atoms with Gasteiger partial charge < -0.3 is 4.18 Å². The van der Waals surface area contributed by atoms with Crippen LogP contribution < -0.4 is 4.18 Å². The van der Waals surface area contributed by atoms with Crippen molar-refractivity contribution < 1.29 is 21.4 Å². The first kappa shape index (κ1) is 15.0. The van der Waals surface area contributed by atoms with Crippen molar-refractivity contribution in [3.63, 3.8) is 0 Å². The van der Waals surface area contributed by atoms with Crippen LogP contribution in [0.25, 0.3) is 0 Å². The van der Waals surface area contributed by atoms with Crippen LogP contribution in [0.15, 0.2) is 41.3 Å². The van der Waals surface area contributed by atoms with E-state index in [9.17, 15) is 17.2 Å². The predicted molar refractivity (Wildman–Crippen MR) is 70.6 cm³/mol. The Kier molecular flexibility index (Phi) is 4.17. The molecule has 2 aromatic carbocycles. The molecule has 0 aliphatic carbocycles. The summed E-state index contributed by atoms with van der Waals surface area (Å²) in [6, 6.07) is 6.11. The number of hydrogen-bond acceptors (Lipinski definition) is 3. The van der Waals surface area contributed by atoms with Crippen molar-refractivity contribution in [3.05, 3.63) is 58.1 Å². The van der Waals surface area contributed by atoms with Crippen LogP contribution in [0, 0.1) is 11.6 Å². The lowest BCUT2D eigenvalue weighted by Crippen LogP contribution is -2.12. The summed E-state index contributed by atoms with van der Waals surface area (Å²) in [5.41, 5.74) is 0. The molecule has 0 fully saturated rings. The van der Waals surface area contributed by atoms with Gasteiger partial charge in [0.15, 0.2) is 5.75 Å². The van der Waals surface area contributed by atoms with E-state index < -0.39 is 26.6 Å². The van der Waals surface area contributed by atoms with Crippen molar-refractivity contribution in [1.29, 1.82) is 0 Å². The smallest absolute Gasteiger partial charge is 0.342 e. The van der Waals surface area contributed by atoms with Gasteiger partial charge in [-0.2, -0.15) is 8.42 Å². The van der Waals surface area contributed by atoms with Gasteiger partial charge in [-0.1, -0.05) is 29.3 Å². The Labute approximate surface area is 123 Å². The minimum Gasteiger partial charge on any atom is -0.377 e. The standard InChI is InChI=1S/C12H6Cl2F2O3S/c13-8-2-1-3-10(12(8)14)19-20(17,18)11-5-4-7(15)6-9(11)16/h1-6H. The largest absolute Gasteiger partial charge is 0.377 e. The van der Waals surface area contributed by atoms with Gasteiger partial charge in [-0.3, -0.25) is 0 Å². The molecule has 0 unspecified atom stereocenters. The van der Waals surface area contributed by atoms with Gasteiger partial charge in [0.05, 0.1) is 5.02 Å². The molecule has 0 saturated carbocycles. The van der Waals surface area contributed by atoms with Gasteiger partial charge in [0, 0.05) is 6.07 Å². The maximum Gasteiger partial charge on any atom is 0.342 e. The van der Waals surface area contributed by atoms with E-state index in [0.717, 1.165) is 12.1 Å². The molecule has 0 radical (unpaired) electrons. The Morgan fingerprint density at radius 1 is 1.05 bits per heavy atom. The molecular weight excluding hydrogens is 333 g/mol. The molecule has 0 atom stereocenters. The maximum atomic E-state index is 13.5. The first-order valence-corrected chi connectivity index (χ1v) is 7.31. The number of halogens is 4. The molecule has 0 aliphatic heterocycles. The second-order valence-electron chi connectivity index (χ2n) is 3.66. The number of hydrogen-bond donors (Lipinski definition) is 0. The SMILES string of the molecule is O=S(=O)(Oc1cccc(Cl)c1Cl)c1ccc(F)cc1F. The zero-order chi connectivity index (χ0) is 14.9. The highest BCUT2D eigenvalue weighted by Crippen LogP contribution is 2.33. The van der Waals surface area contributed by atoms with Crippen LogP contribution in [0.2, 0.25) is 10.0 Å². The van der Waals surface area contributed by atoms with E-state index in [1.807, 2.05) is 0 Å². The zero-order valence-electron chi connectivity index (χ0n) is 9.61. The van der Waals surface area contributed by atoms with E-state index in [2.05, 4.69) is 0 Å². The summed E-state index contributed by atoms with van der Waals surface area (Å²) in [6.45, 7) is 0. The highest BCUT2D eigenvalue weighted by Gasteiger charge is 2.23. The van der Waals surface area contributed by atoms with Crippen LogP contribution in [0.4, 0.5) is 8.78 Å². The molecule has 0 spiro atoms. The van der Waals surface area contributed by atoms with E-state index in [1.54, 1.807) is 0 Å². The van der Waals surface area contributed by atoms with E-state index in [-0.39, 0.29) is 15.8 Å². The fourth-order valence-electron chi connectivity index (χ4n) is 1.39. The Balaban J connectivity index is 2.44. The minimum absolute atomic E-state index is 0.0824. The van der Waals surface area contributed by atoms with Crippen LogP contribution in [-0.4, -0.2) is 8.42 Å². The molecule has 8 heteroatoms. The molecule has 0 heterocycles. The van der Waals surface area contributed by atoms with Gasteiger partial charge in [0.25, 0.3) is 0 Å². The second kappa shape index (κ2) is 5.55. The summed E-state index contributed by atoms with van der Waals surface area (Å²) in [5, 5.41) is -0.0424. The van der Waals surface area contributed by atoms with E-state index in [1.165, 1.54) is 18.2 Å². The third-order valence-corrected chi connectivity index (χ3v) is 4.35. The summed E-state index contributed by atoms with van der Waals surface area (Å²) in [5.74, 6) is -2.41. The topological polar surface area (TPSA) is 43.4 Å². The first-order valence-electron chi connectivity index (χ1n) is 5.15. The van der Waals surface area contributed by atoms with Crippen molar-refractivity contribution in [1.82, 2.24) is 0 Å². The van der Waals surface area contributed by atoms with Gasteiger partial charge >= 0.3 is 10.1 Å². The molecule has 0 N–H and O–H groups in total. The molecule has 0 aliphatic rings. The molecule has 0 saturated heterocycles. The molecule has 106 valence electrons. The average molecular weight is 339 g/mol. The third kappa shape index (κ3) is 3.03. The molecule has 0 amide bonds. The molecular formula is C12H6Cl2F2O3S. The predicted octanol–water partition coefficient (Wildman–Crippen LogP) is 4.04. The molecule has 20 heavy (non-hydrogen) atoms. The highest BCUT2D eigenvalue weighted by atomic mass is 35.5. The van der Waals surface area contributed by atoms with Crippen molar-refractivity contribution in [2.45, 2.75) is 4.90 Å². The van der Waals surface area contributed by atoms with Gasteiger partial charge in [-0.05, 0) is 24.3 Å². The lowest BCUT2D eigenvalue weighted by Gasteiger charge is -2.09. The van der Waals surface area contributed by atoms with Crippen molar-refractivity contribution in [2.75, 3.05) is 0 Å². The van der Waals surface area contributed by atoms with Crippen LogP contribution in [-0.2, 0) is 10.1 Å². The Hall–Kier alpha value is -1.37. The fourth-order valence-corrected chi connectivity index (χ4v) is 2.76. The summed E-state index contributed by atoms with van der Waals surface area (Å²) < 4.78 is 54.8. The lowest BCUT2D eigenvalue weighted by molar-refractivity contribution is 0.474. The van der Waals surface area contributed by atoms with E-state index in [4.69, 9.17) is 27.4 Å².